The number of ketones is 1. The molecular formula is C31H23N3O4. The van der Waals surface area contributed by atoms with E-state index in [1.54, 1.807) is 37.6 Å². The van der Waals surface area contributed by atoms with Gasteiger partial charge in [0.05, 0.1) is 7.11 Å². The lowest BCUT2D eigenvalue weighted by molar-refractivity contribution is 0.104. The van der Waals surface area contributed by atoms with E-state index in [1.807, 2.05) is 66.7 Å². The minimum atomic E-state index is -0.0961. The highest BCUT2D eigenvalue weighted by molar-refractivity contribution is 6.07. The largest absolute Gasteiger partial charge is 0.497 e. The minimum Gasteiger partial charge on any atom is -0.497 e. The fourth-order valence-corrected chi connectivity index (χ4v) is 4.23. The van der Waals surface area contributed by atoms with Gasteiger partial charge in [0.15, 0.2) is 22.9 Å². The fraction of sp³-hybridized carbons (Fsp3) is 0.0645. The van der Waals surface area contributed by atoms with Gasteiger partial charge < -0.3 is 19.5 Å². The predicted octanol–water partition coefficient (Wildman–Crippen LogP) is 6.67. The Morgan fingerprint density at radius 2 is 1.76 bits per heavy atom. The van der Waals surface area contributed by atoms with E-state index in [0.29, 0.717) is 28.5 Å². The molecule has 0 aliphatic carbocycles. The van der Waals surface area contributed by atoms with E-state index in [4.69, 9.17) is 19.2 Å². The number of anilines is 2. The van der Waals surface area contributed by atoms with E-state index in [0.717, 1.165) is 33.5 Å². The van der Waals surface area contributed by atoms with Crippen molar-refractivity contribution >= 4 is 34.4 Å². The zero-order chi connectivity index (χ0) is 25.9. The smallest absolute Gasteiger partial charge is 0.231 e. The number of pyridine rings is 2. The number of carbonyl (C=O) groups is 1. The summed E-state index contributed by atoms with van der Waals surface area (Å²) in [5.41, 5.74) is 4.82. The first kappa shape index (κ1) is 23.2. The molecule has 3 aromatic carbocycles. The van der Waals surface area contributed by atoms with Crippen molar-refractivity contribution in [2.45, 2.75) is 0 Å². The van der Waals surface area contributed by atoms with Crippen LogP contribution in [0.4, 0.5) is 11.5 Å². The molecule has 7 heteroatoms. The number of aromatic nitrogens is 2. The molecule has 0 atom stereocenters. The van der Waals surface area contributed by atoms with Crippen molar-refractivity contribution in [1.82, 2.24) is 9.97 Å². The van der Waals surface area contributed by atoms with Gasteiger partial charge in [-0.3, -0.25) is 4.79 Å². The number of rotatable bonds is 7. The quantitative estimate of drug-likeness (QED) is 0.197. The standard InChI is InChI=1S/C31H23N3O4/c1-36-25-12-8-21(9-13-25)26-18-23-3-2-16-32-30(23)34-31(26)33-24-10-6-22(7-11-24)27(35)14-4-20-5-15-28-29(17-20)38-19-37-28/h2-18H,19H2,1H3,(H,32,33,34)/b14-4+. The molecule has 0 unspecified atom stereocenters. The van der Waals surface area contributed by atoms with Gasteiger partial charge in [0.25, 0.3) is 0 Å². The highest BCUT2D eigenvalue weighted by Gasteiger charge is 2.13. The second-order valence-corrected chi connectivity index (χ2v) is 8.68. The summed E-state index contributed by atoms with van der Waals surface area (Å²) in [7, 11) is 1.65. The van der Waals surface area contributed by atoms with Crippen molar-refractivity contribution in [2.75, 3.05) is 19.2 Å². The summed E-state index contributed by atoms with van der Waals surface area (Å²) < 4.78 is 16.0. The topological polar surface area (TPSA) is 82.6 Å². The molecule has 0 radical (unpaired) electrons. The van der Waals surface area contributed by atoms with Crippen molar-refractivity contribution in [3.63, 3.8) is 0 Å². The summed E-state index contributed by atoms with van der Waals surface area (Å²) in [4.78, 5) is 22.0. The van der Waals surface area contributed by atoms with Gasteiger partial charge in [-0.25, -0.2) is 9.97 Å². The van der Waals surface area contributed by atoms with Crippen LogP contribution in [0.2, 0.25) is 0 Å². The van der Waals surface area contributed by atoms with Gasteiger partial charge in [-0.2, -0.15) is 0 Å². The van der Waals surface area contributed by atoms with Crippen LogP contribution in [0.25, 0.3) is 28.2 Å². The molecule has 1 aliphatic heterocycles. The summed E-state index contributed by atoms with van der Waals surface area (Å²) in [5, 5.41) is 4.35. The lowest BCUT2D eigenvalue weighted by atomic mass is 10.0. The van der Waals surface area contributed by atoms with E-state index in [1.165, 1.54) is 0 Å². The number of methoxy groups -OCH3 is 1. The average Bonchev–Trinajstić information content (AvgIpc) is 3.44. The van der Waals surface area contributed by atoms with E-state index < -0.39 is 0 Å². The van der Waals surface area contributed by atoms with Gasteiger partial charge >= 0.3 is 0 Å². The Morgan fingerprint density at radius 1 is 0.947 bits per heavy atom. The van der Waals surface area contributed by atoms with Crippen LogP contribution < -0.4 is 19.5 Å². The average molecular weight is 502 g/mol. The Morgan fingerprint density at radius 3 is 2.58 bits per heavy atom. The Balaban J connectivity index is 1.24. The van der Waals surface area contributed by atoms with Gasteiger partial charge in [0.1, 0.15) is 11.6 Å². The predicted molar refractivity (Wildman–Crippen MR) is 147 cm³/mol. The number of benzene rings is 3. The maximum Gasteiger partial charge on any atom is 0.231 e. The van der Waals surface area contributed by atoms with Crippen LogP contribution in [0.1, 0.15) is 15.9 Å². The van der Waals surface area contributed by atoms with E-state index in [9.17, 15) is 4.79 Å². The van der Waals surface area contributed by atoms with Crippen LogP contribution in [0, 0.1) is 0 Å². The highest BCUT2D eigenvalue weighted by atomic mass is 16.7. The van der Waals surface area contributed by atoms with Gasteiger partial charge in [0.2, 0.25) is 6.79 Å². The molecule has 7 nitrogen and oxygen atoms in total. The number of hydrogen-bond acceptors (Lipinski definition) is 7. The van der Waals surface area contributed by atoms with Gasteiger partial charge in [0, 0.05) is 28.4 Å². The lowest BCUT2D eigenvalue weighted by Crippen LogP contribution is -2.00. The number of allylic oxidation sites excluding steroid dienone is 1. The fourth-order valence-electron chi connectivity index (χ4n) is 4.23. The zero-order valence-corrected chi connectivity index (χ0v) is 20.5. The maximum atomic E-state index is 12.8. The van der Waals surface area contributed by atoms with Crippen molar-refractivity contribution in [3.05, 3.63) is 108 Å². The van der Waals surface area contributed by atoms with Crippen LogP contribution >= 0.6 is 0 Å². The van der Waals surface area contributed by atoms with Crippen LogP contribution in [0.5, 0.6) is 17.2 Å². The molecule has 6 rings (SSSR count). The number of nitrogens with zero attached hydrogens (tertiary/aromatic N) is 2. The minimum absolute atomic E-state index is 0.0961. The normalized spacial score (nSPS) is 12.1. The number of nitrogens with one attached hydrogen (secondary N) is 1. The van der Waals surface area contributed by atoms with E-state index in [-0.39, 0.29) is 12.6 Å². The third kappa shape index (κ3) is 4.77. The first-order chi connectivity index (χ1) is 18.7. The number of carbonyl (C=O) groups excluding carboxylic acids is 1. The molecule has 38 heavy (non-hydrogen) atoms. The summed E-state index contributed by atoms with van der Waals surface area (Å²) in [6.45, 7) is 0.217. The van der Waals surface area contributed by atoms with Crippen LogP contribution in [0.3, 0.4) is 0 Å². The first-order valence-electron chi connectivity index (χ1n) is 12.1. The molecule has 1 aliphatic rings. The number of fused-ring (bicyclic) bond motifs is 2. The molecule has 0 amide bonds. The molecule has 0 saturated carbocycles. The van der Waals surface area contributed by atoms with Crippen LogP contribution in [-0.4, -0.2) is 29.7 Å². The summed E-state index contributed by atoms with van der Waals surface area (Å²) in [6.07, 6.45) is 5.05. The Bertz CT molecular complexity index is 1660. The first-order valence-corrected chi connectivity index (χ1v) is 12.1. The van der Waals surface area contributed by atoms with Crippen molar-refractivity contribution in [1.29, 1.82) is 0 Å². The van der Waals surface area contributed by atoms with Gasteiger partial charge in [-0.05, 0) is 83.9 Å². The SMILES string of the molecule is COc1ccc(-c2cc3cccnc3nc2Nc2ccc(C(=O)/C=C/c3ccc4c(c3)OCO4)cc2)cc1. The number of ether oxygens (including phenoxy) is 3. The second-order valence-electron chi connectivity index (χ2n) is 8.68. The molecule has 3 heterocycles. The summed E-state index contributed by atoms with van der Waals surface area (Å²) in [6, 6.07) is 26.7. The molecule has 186 valence electrons. The molecule has 1 N–H and O–H groups in total. The Labute approximate surface area is 219 Å². The molecule has 5 aromatic rings. The van der Waals surface area contributed by atoms with Crippen molar-refractivity contribution in [2.24, 2.45) is 0 Å². The monoisotopic (exact) mass is 501 g/mol. The molecule has 2 aromatic heterocycles. The second kappa shape index (κ2) is 10.1. The third-order valence-corrected chi connectivity index (χ3v) is 6.25. The molecule has 0 fully saturated rings. The van der Waals surface area contributed by atoms with Crippen molar-refractivity contribution in [3.8, 4) is 28.4 Å². The van der Waals surface area contributed by atoms with Gasteiger partial charge in [-0.1, -0.05) is 24.3 Å². The zero-order valence-electron chi connectivity index (χ0n) is 20.5. The number of hydrogen-bond donors (Lipinski definition) is 1. The van der Waals surface area contributed by atoms with E-state index >= 15 is 0 Å². The maximum absolute atomic E-state index is 12.8. The Kier molecular flexibility index (Phi) is 6.16. The molecular weight excluding hydrogens is 478 g/mol. The Hall–Kier alpha value is -5.17. The summed E-state index contributed by atoms with van der Waals surface area (Å²) in [5.74, 6) is 2.75. The highest BCUT2D eigenvalue weighted by Crippen LogP contribution is 2.34. The van der Waals surface area contributed by atoms with Crippen LogP contribution in [-0.2, 0) is 0 Å². The van der Waals surface area contributed by atoms with Crippen LogP contribution in [0.15, 0.2) is 97.2 Å². The third-order valence-electron chi connectivity index (χ3n) is 6.25. The van der Waals surface area contributed by atoms with E-state index in [2.05, 4.69) is 16.4 Å². The van der Waals surface area contributed by atoms with Crippen molar-refractivity contribution < 1.29 is 19.0 Å². The lowest BCUT2D eigenvalue weighted by Gasteiger charge is -2.13. The molecule has 0 saturated heterocycles. The molecule has 0 spiro atoms. The van der Waals surface area contributed by atoms with Gasteiger partial charge in [-0.15, -0.1) is 0 Å². The molecule has 0 bridgehead atoms. The summed E-state index contributed by atoms with van der Waals surface area (Å²) >= 11 is 0.